The van der Waals surface area contributed by atoms with E-state index in [4.69, 9.17) is 22.9 Å². The fraction of sp³-hybridized carbons (Fsp3) is 0.636. The van der Waals surface area contributed by atoms with E-state index in [2.05, 4.69) is 16.0 Å². The number of primary amides is 3. The molecule has 7 amide bonds. The minimum absolute atomic E-state index is 0.261. The Balaban J connectivity index is 5.70. The zero-order valence-corrected chi connectivity index (χ0v) is 23.2. The maximum absolute atomic E-state index is 12.9. The van der Waals surface area contributed by atoms with E-state index in [1.54, 1.807) is 6.26 Å². The Kier molecular flexibility index (Phi) is 17.3. The molecule has 0 aliphatic heterocycles. The van der Waals surface area contributed by atoms with Crippen molar-refractivity contribution < 1.29 is 48.6 Å². The van der Waals surface area contributed by atoms with Crippen molar-refractivity contribution >= 4 is 59.1 Å². The number of nitrogens with one attached hydrogen (secondary N) is 4. The van der Waals surface area contributed by atoms with Gasteiger partial charge in [0.15, 0.2) is 0 Å². The van der Waals surface area contributed by atoms with Crippen molar-refractivity contribution in [1.82, 2.24) is 21.3 Å². The molecule has 14 N–H and O–H groups in total. The normalized spacial score (nSPS) is 14.3. The maximum Gasteiger partial charge on any atom is 0.326 e. The van der Waals surface area contributed by atoms with Gasteiger partial charge in [-0.2, -0.15) is 11.8 Å². The fourth-order valence-electron chi connectivity index (χ4n) is 3.18. The highest BCUT2D eigenvalue weighted by Gasteiger charge is 2.32. The molecule has 0 heterocycles. The first-order valence-corrected chi connectivity index (χ1v) is 13.7. The molecule has 0 rings (SSSR count). The third-order valence-corrected chi connectivity index (χ3v) is 6.07. The first-order valence-electron chi connectivity index (χ1n) is 12.3. The Morgan fingerprint density at radius 1 is 0.659 bits per heavy atom. The summed E-state index contributed by atoms with van der Waals surface area (Å²) in [5.41, 5.74) is 21.1. The lowest BCUT2D eigenvalue weighted by atomic mass is 10.1. The predicted molar refractivity (Wildman–Crippen MR) is 144 cm³/mol. The molecule has 0 aromatic carbocycles. The van der Waals surface area contributed by atoms with Crippen molar-refractivity contribution in [1.29, 1.82) is 0 Å². The van der Waals surface area contributed by atoms with Crippen molar-refractivity contribution in [3.05, 3.63) is 0 Å². The molecule has 0 spiro atoms. The number of amides is 7. The number of rotatable bonds is 21. The van der Waals surface area contributed by atoms with E-state index in [1.807, 2.05) is 5.32 Å². The third kappa shape index (κ3) is 15.4. The van der Waals surface area contributed by atoms with Crippen molar-refractivity contribution in [2.45, 2.75) is 68.7 Å². The summed E-state index contributed by atoms with van der Waals surface area (Å²) in [5.74, 6) is -7.68. The van der Waals surface area contributed by atoms with Crippen LogP contribution in [0.2, 0.25) is 0 Å². The highest BCUT2D eigenvalue weighted by atomic mass is 32.2. The van der Waals surface area contributed by atoms with Crippen LogP contribution in [0, 0.1) is 0 Å². The largest absolute Gasteiger partial charge is 0.480 e. The van der Waals surface area contributed by atoms with Gasteiger partial charge in [0.1, 0.15) is 24.2 Å². The van der Waals surface area contributed by atoms with Crippen LogP contribution in [0.15, 0.2) is 0 Å². The highest BCUT2D eigenvalue weighted by molar-refractivity contribution is 7.98. The molecule has 0 bridgehead atoms. The van der Waals surface area contributed by atoms with Gasteiger partial charge in [0.05, 0.1) is 19.1 Å². The fourth-order valence-corrected chi connectivity index (χ4v) is 3.67. The van der Waals surface area contributed by atoms with Crippen LogP contribution in [-0.4, -0.2) is 106 Å². The lowest BCUT2D eigenvalue weighted by Gasteiger charge is -2.25. The Morgan fingerprint density at radius 2 is 1.10 bits per heavy atom. The summed E-state index contributed by atoms with van der Waals surface area (Å²) < 4.78 is 0. The zero-order valence-electron chi connectivity index (χ0n) is 22.4. The maximum atomic E-state index is 12.9. The van der Waals surface area contributed by atoms with Gasteiger partial charge in [-0.15, -0.1) is 0 Å². The lowest BCUT2D eigenvalue weighted by molar-refractivity contribution is -0.143. The van der Waals surface area contributed by atoms with Gasteiger partial charge < -0.3 is 54.4 Å². The van der Waals surface area contributed by atoms with Gasteiger partial charge in [-0.3, -0.25) is 33.6 Å². The number of hydrogen-bond donors (Lipinski definition) is 10. The van der Waals surface area contributed by atoms with Crippen molar-refractivity contribution in [3.63, 3.8) is 0 Å². The SMILES string of the molecule is CSCC[C@H](N)C(=O)N[C@@H](CC(N)=O)C(=O)N[C@@H](CCC(N)=O)C(=O)N[C@@H](CO)C(=O)N[C@@H](CCC(N)=O)C(=O)O. The molecule has 19 heteroatoms. The second-order valence-electron chi connectivity index (χ2n) is 8.83. The number of carbonyl (C=O) groups excluding carboxylic acids is 7. The number of aliphatic carboxylic acids is 1. The minimum atomic E-state index is -1.72. The first-order chi connectivity index (χ1) is 19.1. The van der Waals surface area contributed by atoms with Crippen LogP contribution in [-0.2, 0) is 38.4 Å². The second-order valence-corrected chi connectivity index (χ2v) is 9.82. The molecular formula is C22H38N8O10S. The summed E-state index contributed by atoms with van der Waals surface area (Å²) in [6, 6.07) is -7.43. The summed E-state index contributed by atoms with van der Waals surface area (Å²) in [4.78, 5) is 96.0. The van der Waals surface area contributed by atoms with Crippen molar-refractivity contribution in [2.24, 2.45) is 22.9 Å². The van der Waals surface area contributed by atoms with E-state index in [1.165, 1.54) is 11.8 Å². The second kappa shape index (κ2) is 19.2. The van der Waals surface area contributed by atoms with Gasteiger partial charge in [0.25, 0.3) is 0 Å². The lowest BCUT2D eigenvalue weighted by Crippen LogP contribution is -2.59. The van der Waals surface area contributed by atoms with E-state index >= 15 is 0 Å². The summed E-state index contributed by atoms with van der Waals surface area (Å²) in [6.07, 6.45) is -0.168. The number of thioether (sulfide) groups is 1. The van der Waals surface area contributed by atoms with E-state index in [9.17, 15) is 48.6 Å². The van der Waals surface area contributed by atoms with Crippen LogP contribution in [0.25, 0.3) is 0 Å². The van der Waals surface area contributed by atoms with Crippen LogP contribution < -0.4 is 44.2 Å². The topological polar surface area (TPSA) is 329 Å². The van der Waals surface area contributed by atoms with Crippen LogP contribution in [0.4, 0.5) is 0 Å². The number of hydrogen-bond acceptors (Lipinski definition) is 11. The minimum Gasteiger partial charge on any atom is -0.480 e. The van der Waals surface area contributed by atoms with Crippen LogP contribution in [0.1, 0.15) is 38.5 Å². The monoisotopic (exact) mass is 606 g/mol. The zero-order chi connectivity index (χ0) is 31.7. The van der Waals surface area contributed by atoms with Gasteiger partial charge in [-0.25, -0.2) is 4.79 Å². The summed E-state index contributed by atoms with van der Waals surface area (Å²) in [7, 11) is 0. The van der Waals surface area contributed by atoms with Crippen LogP contribution in [0.3, 0.4) is 0 Å². The van der Waals surface area contributed by atoms with Gasteiger partial charge in [-0.05, 0) is 31.3 Å². The molecule has 232 valence electrons. The molecule has 18 nitrogen and oxygen atoms in total. The number of carboxylic acids is 1. The van der Waals surface area contributed by atoms with Gasteiger partial charge in [0, 0.05) is 12.8 Å². The first kappa shape index (κ1) is 37.0. The van der Waals surface area contributed by atoms with E-state index in [0.717, 1.165) is 0 Å². The number of nitrogens with two attached hydrogens (primary N) is 4. The molecule has 0 aromatic heterocycles. The van der Waals surface area contributed by atoms with Gasteiger partial charge >= 0.3 is 5.97 Å². The summed E-state index contributed by atoms with van der Waals surface area (Å²) in [5, 5.41) is 27.6. The third-order valence-electron chi connectivity index (χ3n) is 5.43. The quantitative estimate of drug-likeness (QED) is 0.0585. The molecule has 0 aliphatic rings. The highest BCUT2D eigenvalue weighted by Crippen LogP contribution is 2.04. The van der Waals surface area contributed by atoms with Gasteiger partial charge in [-0.1, -0.05) is 0 Å². The van der Waals surface area contributed by atoms with E-state index in [-0.39, 0.29) is 19.3 Å². The van der Waals surface area contributed by atoms with E-state index < -0.39 is 103 Å². The molecule has 0 fully saturated rings. The average Bonchev–Trinajstić information content (AvgIpc) is 2.88. The van der Waals surface area contributed by atoms with Gasteiger partial charge in [0.2, 0.25) is 41.4 Å². The molecular weight excluding hydrogens is 568 g/mol. The Hall–Kier alpha value is -3.97. The number of aliphatic hydroxyl groups excluding tert-OH is 1. The summed E-state index contributed by atoms with van der Waals surface area (Å²) >= 11 is 1.43. The summed E-state index contributed by atoms with van der Waals surface area (Å²) in [6.45, 7) is -1.01. The average molecular weight is 607 g/mol. The Bertz CT molecular complexity index is 982. The predicted octanol–water partition coefficient (Wildman–Crippen LogP) is -5.51. The molecule has 0 aliphatic carbocycles. The van der Waals surface area contributed by atoms with Crippen molar-refractivity contribution in [2.75, 3.05) is 18.6 Å². The van der Waals surface area contributed by atoms with E-state index in [0.29, 0.717) is 5.75 Å². The number of carboxylic acid groups (broad SMARTS) is 1. The van der Waals surface area contributed by atoms with Crippen molar-refractivity contribution in [3.8, 4) is 0 Å². The Labute approximate surface area is 239 Å². The molecule has 0 unspecified atom stereocenters. The van der Waals surface area contributed by atoms with Crippen LogP contribution in [0.5, 0.6) is 0 Å². The molecule has 41 heavy (non-hydrogen) atoms. The van der Waals surface area contributed by atoms with Crippen LogP contribution >= 0.6 is 11.8 Å². The molecule has 5 atom stereocenters. The number of carbonyl (C=O) groups is 8. The molecule has 0 saturated heterocycles. The number of aliphatic hydroxyl groups is 1. The molecule has 0 saturated carbocycles. The smallest absolute Gasteiger partial charge is 0.326 e. The molecule has 0 aromatic rings. The Morgan fingerprint density at radius 3 is 1.56 bits per heavy atom. The standard InChI is InChI=1S/C22H38N8O10S/c1-41-7-6-10(23)18(35)29-13(8-17(26)34)20(37)27-11(2-4-15(24)32)19(36)30-14(9-31)21(38)28-12(22(39)40)3-5-16(25)33/h10-14,31H,2-9,23H2,1H3,(H2,24,32)(H2,25,33)(H2,26,34)(H,27,37)(H,28,38)(H,29,35)(H,30,36)(H,39,40)/t10-,11-,12-,13-,14-/m0/s1. The molecule has 0 radical (unpaired) electrons.